The van der Waals surface area contributed by atoms with Gasteiger partial charge in [-0.3, -0.25) is 9.59 Å². The summed E-state index contributed by atoms with van der Waals surface area (Å²) in [5.74, 6) is 12.7. The Bertz CT molecular complexity index is 1460. The smallest absolute Gasteiger partial charge is 0.224 e. The lowest BCUT2D eigenvalue weighted by Gasteiger charge is -2.35. The zero-order valence-electron chi connectivity index (χ0n) is 32.7. The van der Waals surface area contributed by atoms with Crippen LogP contribution in [0.1, 0.15) is 117 Å². The predicted molar refractivity (Wildman–Crippen MR) is 207 cm³/mol. The van der Waals surface area contributed by atoms with Gasteiger partial charge < -0.3 is 45.0 Å². The number of aryl methyl sites for hydroxylation is 1. The van der Waals surface area contributed by atoms with Crippen LogP contribution in [0.15, 0.2) is 36.4 Å². The topological polar surface area (TPSA) is 224 Å². The van der Waals surface area contributed by atoms with Crippen LogP contribution in [0.5, 0.6) is 0 Å². The maximum Gasteiger partial charge on any atom is 0.224 e. The molecule has 2 rings (SSSR count). The molecular formula is C42H72N8O2+6. The average molecular weight is 721 g/mol. The Labute approximate surface area is 313 Å². The van der Waals surface area contributed by atoms with E-state index in [4.69, 9.17) is 0 Å². The van der Waals surface area contributed by atoms with Crippen LogP contribution in [0.3, 0.4) is 0 Å². The second kappa shape index (κ2) is 24.5. The zero-order valence-corrected chi connectivity index (χ0v) is 32.7. The van der Waals surface area contributed by atoms with Crippen molar-refractivity contribution in [2.45, 2.75) is 115 Å². The second-order valence-corrected chi connectivity index (χ2v) is 14.4. The van der Waals surface area contributed by atoms with E-state index in [0.29, 0.717) is 0 Å². The maximum atomic E-state index is 13.9. The largest absolute Gasteiger partial charge is 0.358 e. The van der Waals surface area contributed by atoms with Crippen molar-refractivity contribution in [3.8, 4) is 23.7 Å². The van der Waals surface area contributed by atoms with Crippen molar-refractivity contribution < 1.29 is 44.0 Å². The number of hydrogen-bond donors (Lipinski definition) is 8. The first-order chi connectivity index (χ1) is 25.1. The lowest BCUT2D eigenvalue weighted by molar-refractivity contribution is -0.372. The number of quaternary nitrogens is 6. The average Bonchev–Trinajstić information content (AvgIpc) is 3.13. The summed E-state index contributed by atoms with van der Waals surface area (Å²) in [5, 5.41) is 6.96. The lowest BCUT2D eigenvalue weighted by Crippen LogP contribution is -2.56. The van der Waals surface area contributed by atoms with Crippen LogP contribution in [0.2, 0.25) is 0 Å². The third-order valence-electron chi connectivity index (χ3n) is 10.0. The molecule has 0 aliphatic carbocycles. The summed E-state index contributed by atoms with van der Waals surface area (Å²) in [4.78, 5) is 27.8. The zero-order chi connectivity index (χ0) is 38.2. The molecule has 0 saturated heterocycles. The Hall–Kier alpha value is -3.74. The summed E-state index contributed by atoms with van der Waals surface area (Å²) >= 11 is 0. The summed E-state index contributed by atoms with van der Waals surface area (Å²) in [6, 6.07) is 11.9. The quantitative estimate of drug-likeness (QED) is 0.0620. The summed E-state index contributed by atoms with van der Waals surface area (Å²) in [6.07, 6.45) is 11.5. The van der Waals surface area contributed by atoms with Crippen molar-refractivity contribution in [1.82, 2.24) is 10.6 Å². The Morgan fingerprint density at radius 1 is 0.558 bits per heavy atom. The fourth-order valence-corrected chi connectivity index (χ4v) is 7.12. The molecule has 0 aliphatic heterocycles. The summed E-state index contributed by atoms with van der Waals surface area (Å²) < 4.78 is 0. The molecule has 10 heteroatoms. The lowest BCUT2D eigenvalue weighted by atomic mass is 9.83. The van der Waals surface area contributed by atoms with Crippen molar-refractivity contribution >= 4 is 11.8 Å². The second-order valence-electron chi connectivity index (χ2n) is 14.4. The first-order valence-corrected chi connectivity index (χ1v) is 19.7. The number of amides is 2. The van der Waals surface area contributed by atoms with Gasteiger partial charge in [-0.2, -0.15) is 0 Å². The van der Waals surface area contributed by atoms with Gasteiger partial charge in [0.15, 0.2) is 0 Å². The van der Waals surface area contributed by atoms with E-state index < -0.39 is 0 Å². The third kappa shape index (κ3) is 15.5. The SMILES string of the molecule is CC#Cc1ccc(C#Cc2cc(CC(=O)NC(CCC[NH3+])(CCC[NH3+])CCC[NH3+])c(C)cc2CC(=O)NC(CCC[NH3+])(CCC[NH3+])CCC[NH3+])cc1. The van der Waals surface area contributed by atoms with E-state index in [9.17, 15) is 9.59 Å². The highest BCUT2D eigenvalue weighted by atomic mass is 16.2. The standard InChI is InChI=1S/C42H66N8O2/c1-3-10-34-11-13-35(14-12-34)15-16-36-30-37(31-39(51)49-41(17-4-23-43,18-5-24-44)19-6-25-45)33(2)29-38(36)32-40(52)50-42(20-7-26-46,21-8-27-47)22-9-28-48/h11-14,29-30H,4-9,17-28,31-32,43-48H2,1-2H3,(H,49,51)(H,50,52)/p+6. The number of carbonyl (C=O) groups excluding carboxylic acids is 2. The van der Waals surface area contributed by atoms with E-state index in [0.717, 1.165) is 150 Å². The van der Waals surface area contributed by atoms with Crippen LogP contribution < -0.4 is 45.0 Å². The molecule has 2 aromatic rings. The van der Waals surface area contributed by atoms with Gasteiger partial charge in [-0.05, 0) is 138 Å². The third-order valence-corrected chi connectivity index (χ3v) is 10.0. The number of rotatable bonds is 24. The first-order valence-electron chi connectivity index (χ1n) is 19.7. The summed E-state index contributed by atoms with van der Waals surface area (Å²) in [6.45, 7) is 8.83. The van der Waals surface area contributed by atoms with E-state index in [1.54, 1.807) is 0 Å². The van der Waals surface area contributed by atoms with Crippen molar-refractivity contribution in [3.05, 3.63) is 69.8 Å². The molecular weight excluding hydrogens is 649 g/mol. The number of benzene rings is 2. The Balaban J connectivity index is 2.53. The highest BCUT2D eigenvalue weighted by Gasteiger charge is 2.32. The fourth-order valence-electron chi connectivity index (χ4n) is 7.12. The monoisotopic (exact) mass is 721 g/mol. The molecule has 0 fully saturated rings. The Morgan fingerprint density at radius 3 is 1.29 bits per heavy atom. The molecule has 2 aromatic carbocycles. The number of nitrogens with one attached hydrogen (secondary N) is 2. The summed E-state index contributed by atoms with van der Waals surface area (Å²) in [7, 11) is 0. The molecule has 52 heavy (non-hydrogen) atoms. The number of carbonyl (C=O) groups is 2. The van der Waals surface area contributed by atoms with Crippen molar-refractivity contribution in [1.29, 1.82) is 0 Å². The summed E-state index contributed by atoms with van der Waals surface area (Å²) in [5.41, 5.74) is 29.1. The molecule has 0 unspecified atom stereocenters. The van der Waals surface area contributed by atoms with Gasteiger partial charge in [-0.1, -0.05) is 23.8 Å². The van der Waals surface area contributed by atoms with Crippen LogP contribution >= 0.6 is 0 Å². The minimum Gasteiger partial charge on any atom is -0.358 e. The van der Waals surface area contributed by atoms with Crippen LogP contribution in [0, 0.1) is 30.6 Å². The first kappa shape index (κ1) is 44.4. The Morgan fingerprint density at radius 2 is 0.923 bits per heavy atom. The van der Waals surface area contributed by atoms with E-state index in [-0.39, 0.29) is 35.7 Å². The van der Waals surface area contributed by atoms with Gasteiger partial charge in [-0.15, -0.1) is 5.92 Å². The van der Waals surface area contributed by atoms with Crippen LogP contribution in [-0.4, -0.2) is 62.2 Å². The molecule has 0 aliphatic rings. The van der Waals surface area contributed by atoms with Crippen molar-refractivity contribution in [2.75, 3.05) is 39.3 Å². The normalized spacial score (nSPS) is 11.3. The van der Waals surface area contributed by atoms with E-state index >= 15 is 0 Å². The molecule has 2 amide bonds. The molecule has 0 saturated carbocycles. The minimum absolute atomic E-state index is 0.00309. The van der Waals surface area contributed by atoms with Crippen molar-refractivity contribution in [2.24, 2.45) is 0 Å². The van der Waals surface area contributed by atoms with Crippen molar-refractivity contribution in [3.63, 3.8) is 0 Å². The van der Waals surface area contributed by atoms with Gasteiger partial charge in [0.2, 0.25) is 11.8 Å². The fraction of sp³-hybridized carbons (Fsp3) is 0.571. The van der Waals surface area contributed by atoms with E-state index in [2.05, 4.69) is 74.8 Å². The molecule has 0 bridgehead atoms. The molecule has 20 N–H and O–H groups in total. The van der Waals surface area contributed by atoms with Crippen LogP contribution in [0.4, 0.5) is 0 Å². The van der Waals surface area contributed by atoms with Gasteiger partial charge in [0, 0.05) is 27.8 Å². The molecule has 10 nitrogen and oxygen atoms in total. The molecule has 0 atom stereocenters. The molecule has 0 radical (unpaired) electrons. The van der Waals surface area contributed by atoms with Gasteiger partial charge in [0.05, 0.1) is 52.1 Å². The number of hydrogen-bond acceptors (Lipinski definition) is 2. The maximum absolute atomic E-state index is 13.9. The van der Waals surface area contributed by atoms with Crippen LogP contribution in [-0.2, 0) is 22.4 Å². The van der Waals surface area contributed by atoms with Gasteiger partial charge in [0.25, 0.3) is 0 Å². The molecule has 0 spiro atoms. The van der Waals surface area contributed by atoms with E-state index in [1.807, 2.05) is 44.2 Å². The highest BCUT2D eigenvalue weighted by Crippen LogP contribution is 2.27. The predicted octanol–water partition coefficient (Wildman–Crippen LogP) is -1.31. The molecule has 0 heterocycles. The highest BCUT2D eigenvalue weighted by molar-refractivity contribution is 5.82. The van der Waals surface area contributed by atoms with Gasteiger partial charge >= 0.3 is 0 Å². The van der Waals surface area contributed by atoms with E-state index in [1.165, 1.54) is 0 Å². The Kier molecular flexibility index (Phi) is 20.9. The van der Waals surface area contributed by atoms with Crippen LogP contribution in [0.25, 0.3) is 0 Å². The minimum atomic E-state index is -0.297. The molecule has 0 aromatic heterocycles. The molecule has 286 valence electrons. The van der Waals surface area contributed by atoms with Gasteiger partial charge in [0.1, 0.15) is 0 Å². The van der Waals surface area contributed by atoms with Gasteiger partial charge in [-0.25, -0.2) is 0 Å².